The number of amides is 1. The molecule has 19 heavy (non-hydrogen) atoms. The van der Waals surface area contributed by atoms with E-state index in [1.54, 1.807) is 0 Å². The molecular formula is C15H24N2OS. The number of hydrogen-bond acceptors (Lipinski definition) is 3. The zero-order valence-corrected chi connectivity index (χ0v) is 12.6. The SMILES string of the molecule is CCSC1CCC(NC(=O)C2(C#N)CCCCC2)C1. The van der Waals surface area contributed by atoms with Gasteiger partial charge in [-0.05, 0) is 37.9 Å². The van der Waals surface area contributed by atoms with Crippen molar-refractivity contribution in [2.75, 3.05) is 5.75 Å². The molecule has 2 fully saturated rings. The third kappa shape index (κ3) is 3.45. The molecule has 2 atom stereocenters. The molecule has 3 nitrogen and oxygen atoms in total. The Morgan fingerprint density at radius 3 is 2.74 bits per heavy atom. The van der Waals surface area contributed by atoms with E-state index in [4.69, 9.17) is 0 Å². The average molecular weight is 280 g/mol. The molecule has 106 valence electrons. The van der Waals surface area contributed by atoms with Gasteiger partial charge < -0.3 is 5.32 Å². The van der Waals surface area contributed by atoms with E-state index in [9.17, 15) is 10.1 Å². The molecule has 2 aliphatic rings. The average Bonchev–Trinajstić information content (AvgIpc) is 2.87. The number of carbonyl (C=O) groups excluding carboxylic acids is 1. The Hall–Kier alpha value is -0.690. The van der Waals surface area contributed by atoms with Crippen LogP contribution in [-0.2, 0) is 4.79 Å². The maximum Gasteiger partial charge on any atom is 0.240 e. The second kappa shape index (κ2) is 6.65. The van der Waals surface area contributed by atoms with Crippen LogP contribution < -0.4 is 5.32 Å². The third-order valence-electron chi connectivity index (χ3n) is 4.48. The van der Waals surface area contributed by atoms with Crippen molar-refractivity contribution >= 4 is 17.7 Å². The molecule has 2 rings (SSSR count). The van der Waals surface area contributed by atoms with Crippen molar-refractivity contribution in [3.8, 4) is 6.07 Å². The van der Waals surface area contributed by atoms with E-state index in [1.165, 1.54) is 6.42 Å². The van der Waals surface area contributed by atoms with Gasteiger partial charge in [0, 0.05) is 11.3 Å². The van der Waals surface area contributed by atoms with Crippen LogP contribution in [0.5, 0.6) is 0 Å². The Morgan fingerprint density at radius 2 is 2.11 bits per heavy atom. The standard InChI is InChI=1S/C15H24N2OS/c1-2-19-13-7-6-12(10-13)17-14(18)15(11-16)8-4-3-5-9-15/h12-13H,2-10H2,1H3,(H,17,18). The maximum atomic E-state index is 12.4. The van der Waals surface area contributed by atoms with E-state index in [1.807, 2.05) is 11.8 Å². The zero-order chi connectivity index (χ0) is 13.7. The summed E-state index contributed by atoms with van der Waals surface area (Å²) in [7, 11) is 0. The highest BCUT2D eigenvalue weighted by molar-refractivity contribution is 7.99. The summed E-state index contributed by atoms with van der Waals surface area (Å²) in [5.41, 5.74) is -0.728. The van der Waals surface area contributed by atoms with Crippen LogP contribution in [-0.4, -0.2) is 23.0 Å². The van der Waals surface area contributed by atoms with E-state index in [2.05, 4.69) is 18.3 Å². The highest BCUT2D eigenvalue weighted by Crippen LogP contribution is 2.37. The molecular weight excluding hydrogens is 256 g/mol. The molecule has 2 unspecified atom stereocenters. The van der Waals surface area contributed by atoms with Crippen molar-refractivity contribution in [3.63, 3.8) is 0 Å². The van der Waals surface area contributed by atoms with Crippen LogP contribution >= 0.6 is 11.8 Å². The number of nitriles is 1. The van der Waals surface area contributed by atoms with Gasteiger partial charge in [0.1, 0.15) is 5.41 Å². The fourth-order valence-electron chi connectivity index (χ4n) is 3.33. The smallest absolute Gasteiger partial charge is 0.240 e. The molecule has 0 aromatic carbocycles. The van der Waals surface area contributed by atoms with Crippen molar-refractivity contribution in [2.45, 2.75) is 69.6 Å². The first-order chi connectivity index (χ1) is 9.20. The molecule has 1 amide bonds. The highest BCUT2D eigenvalue weighted by atomic mass is 32.2. The third-order valence-corrected chi connectivity index (χ3v) is 5.71. The fraction of sp³-hybridized carbons (Fsp3) is 0.867. The van der Waals surface area contributed by atoms with Crippen LogP contribution in [0, 0.1) is 16.7 Å². The molecule has 0 heterocycles. The first-order valence-corrected chi connectivity index (χ1v) is 8.59. The normalized spacial score (nSPS) is 29.7. The first kappa shape index (κ1) is 14.7. The quantitative estimate of drug-likeness (QED) is 0.860. The molecule has 0 bridgehead atoms. The maximum absolute atomic E-state index is 12.4. The Balaban J connectivity index is 1.88. The van der Waals surface area contributed by atoms with Gasteiger partial charge in [0.2, 0.25) is 5.91 Å². The van der Waals surface area contributed by atoms with Crippen LogP contribution in [0.1, 0.15) is 58.3 Å². The van der Waals surface area contributed by atoms with Gasteiger partial charge in [-0.25, -0.2) is 0 Å². The summed E-state index contributed by atoms with van der Waals surface area (Å²) in [4.78, 5) is 12.4. The summed E-state index contributed by atoms with van der Waals surface area (Å²) in [6.45, 7) is 2.18. The Morgan fingerprint density at radius 1 is 1.37 bits per heavy atom. The van der Waals surface area contributed by atoms with Crippen LogP contribution in [0.25, 0.3) is 0 Å². The lowest BCUT2D eigenvalue weighted by atomic mass is 9.74. The monoisotopic (exact) mass is 280 g/mol. The summed E-state index contributed by atoms with van der Waals surface area (Å²) >= 11 is 1.99. The minimum absolute atomic E-state index is 0.00171. The van der Waals surface area contributed by atoms with Gasteiger partial charge in [-0.1, -0.05) is 26.2 Å². The van der Waals surface area contributed by atoms with E-state index in [0.717, 1.165) is 50.7 Å². The minimum atomic E-state index is -0.728. The van der Waals surface area contributed by atoms with E-state index >= 15 is 0 Å². The van der Waals surface area contributed by atoms with Gasteiger partial charge in [0.25, 0.3) is 0 Å². The predicted octanol–water partition coefficient (Wildman–Crippen LogP) is 3.25. The fourth-order valence-corrected chi connectivity index (χ4v) is 4.47. The number of rotatable bonds is 4. The van der Waals surface area contributed by atoms with Gasteiger partial charge in [0.05, 0.1) is 6.07 Å². The second-order valence-electron chi connectivity index (χ2n) is 5.82. The Labute approximate surface area is 120 Å². The van der Waals surface area contributed by atoms with Crippen LogP contribution in [0.15, 0.2) is 0 Å². The van der Waals surface area contributed by atoms with Crippen molar-refractivity contribution in [1.82, 2.24) is 5.32 Å². The van der Waals surface area contributed by atoms with Crippen molar-refractivity contribution in [1.29, 1.82) is 5.26 Å². The molecule has 0 aromatic rings. The van der Waals surface area contributed by atoms with Crippen LogP contribution in [0.4, 0.5) is 0 Å². The lowest BCUT2D eigenvalue weighted by Crippen LogP contribution is -2.45. The topological polar surface area (TPSA) is 52.9 Å². The number of thioether (sulfide) groups is 1. The Bertz CT molecular complexity index is 358. The lowest BCUT2D eigenvalue weighted by Gasteiger charge is -2.30. The zero-order valence-electron chi connectivity index (χ0n) is 11.8. The molecule has 0 spiro atoms. The van der Waals surface area contributed by atoms with Gasteiger partial charge in [-0.2, -0.15) is 17.0 Å². The predicted molar refractivity (Wildman–Crippen MR) is 78.8 cm³/mol. The van der Waals surface area contributed by atoms with Gasteiger partial charge >= 0.3 is 0 Å². The van der Waals surface area contributed by atoms with Gasteiger partial charge in [-0.3, -0.25) is 4.79 Å². The summed E-state index contributed by atoms with van der Waals surface area (Å²) in [6, 6.07) is 2.61. The summed E-state index contributed by atoms with van der Waals surface area (Å²) in [6.07, 6.45) is 8.03. The molecule has 2 saturated carbocycles. The molecule has 0 radical (unpaired) electrons. The number of nitrogens with zero attached hydrogens (tertiary/aromatic N) is 1. The summed E-state index contributed by atoms with van der Waals surface area (Å²) in [5, 5.41) is 13.3. The highest BCUT2D eigenvalue weighted by Gasteiger charge is 2.41. The van der Waals surface area contributed by atoms with Gasteiger partial charge in [-0.15, -0.1) is 0 Å². The molecule has 0 aromatic heterocycles. The van der Waals surface area contributed by atoms with Crippen molar-refractivity contribution < 1.29 is 4.79 Å². The largest absolute Gasteiger partial charge is 0.352 e. The molecule has 2 aliphatic carbocycles. The second-order valence-corrected chi connectivity index (χ2v) is 7.39. The number of hydrogen-bond donors (Lipinski definition) is 1. The van der Waals surface area contributed by atoms with Crippen LogP contribution in [0.2, 0.25) is 0 Å². The number of carbonyl (C=O) groups is 1. The Kier molecular flexibility index (Phi) is 5.15. The van der Waals surface area contributed by atoms with Crippen molar-refractivity contribution in [2.24, 2.45) is 5.41 Å². The molecule has 1 N–H and O–H groups in total. The van der Waals surface area contributed by atoms with E-state index in [0.29, 0.717) is 11.3 Å². The van der Waals surface area contributed by atoms with E-state index in [-0.39, 0.29) is 5.91 Å². The van der Waals surface area contributed by atoms with E-state index < -0.39 is 5.41 Å². The lowest BCUT2D eigenvalue weighted by molar-refractivity contribution is -0.130. The van der Waals surface area contributed by atoms with Gasteiger partial charge in [0.15, 0.2) is 0 Å². The molecule has 0 aliphatic heterocycles. The summed E-state index contributed by atoms with van der Waals surface area (Å²) in [5.74, 6) is 1.15. The number of nitrogens with one attached hydrogen (secondary N) is 1. The molecule has 0 saturated heterocycles. The minimum Gasteiger partial charge on any atom is -0.352 e. The van der Waals surface area contributed by atoms with Crippen LogP contribution in [0.3, 0.4) is 0 Å². The summed E-state index contributed by atoms with van der Waals surface area (Å²) < 4.78 is 0. The molecule has 4 heteroatoms. The van der Waals surface area contributed by atoms with Crippen molar-refractivity contribution in [3.05, 3.63) is 0 Å². The first-order valence-electron chi connectivity index (χ1n) is 7.54.